The zero-order valence-electron chi connectivity index (χ0n) is 5.74. The molecule has 54 valence electrons. The minimum absolute atomic E-state index is 0.179. The van der Waals surface area contributed by atoms with Gasteiger partial charge in [0.25, 0.3) is 0 Å². The van der Waals surface area contributed by atoms with E-state index in [1.807, 2.05) is 13.8 Å². The normalized spacial score (nSPS) is 13.0. The van der Waals surface area contributed by atoms with Gasteiger partial charge in [-0.25, -0.2) is 0 Å². The highest BCUT2D eigenvalue weighted by atomic mass is 79.9. The molecule has 0 spiro atoms. The molecule has 0 fully saturated rings. The van der Waals surface area contributed by atoms with E-state index in [0.717, 1.165) is 8.96 Å². The number of methoxy groups -OCH3 is 1. The first kappa shape index (κ1) is 9.66. The Bertz CT molecular complexity index is 116. The number of halogens is 2. The highest BCUT2D eigenvalue weighted by molar-refractivity contribution is 9.28. The Morgan fingerprint density at radius 2 is 1.89 bits per heavy atom. The third-order valence-corrected chi connectivity index (χ3v) is 2.51. The predicted molar refractivity (Wildman–Crippen MR) is 47.0 cm³/mol. The molecule has 0 saturated carbocycles. The van der Waals surface area contributed by atoms with Crippen molar-refractivity contribution in [3.63, 3.8) is 0 Å². The molecule has 0 bridgehead atoms. The van der Waals surface area contributed by atoms with Crippen molar-refractivity contribution in [2.75, 3.05) is 7.11 Å². The lowest BCUT2D eigenvalue weighted by Gasteiger charge is -2.09. The van der Waals surface area contributed by atoms with E-state index in [1.165, 1.54) is 0 Å². The molecule has 0 aliphatic carbocycles. The van der Waals surface area contributed by atoms with Gasteiger partial charge in [0.15, 0.2) is 0 Å². The SMILES string of the molecule is COC(C)C(C)=C(Br)Br. The Morgan fingerprint density at radius 1 is 1.44 bits per heavy atom. The third kappa shape index (κ3) is 3.38. The minimum atomic E-state index is 0.179. The fourth-order valence-electron chi connectivity index (χ4n) is 0.330. The molecule has 1 atom stereocenters. The molecule has 0 saturated heterocycles. The zero-order valence-corrected chi connectivity index (χ0v) is 8.91. The van der Waals surface area contributed by atoms with Gasteiger partial charge >= 0.3 is 0 Å². The molecule has 0 radical (unpaired) electrons. The van der Waals surface area contributed by atoms with Crippen LogP contribution < -0.4 is 0 Å². The highest BCUT2D eigenvalue weighted by Crippen LogP contribution is 2.21. The molecule has 1 nitrogen and oxygen atoms in total. The van der Waals surface area contributed by atoms with E-state index in [9.17, 15) is 0 Å². The molecule has 0 aliphatic rings. The lowest BCUT2D eigenvalue weighted by atomic mass is 10.2. The predicted octanol–water partition coefficient (Wildman–Crippen LogP) is 3.04. The molecule has 0 rings (SSSR count). The first-order valence-electron chi connectivity index (χ1n) is 2.64. The number of rotatable bonds is 2. The third-order valence-electron chi connectivity index (χ3n) is 1.26. The molecule has 0 N–H and O–H groups in total. The standard InChI is InChI=1S/C6H10Br2O/c1-4(6(7)8)5(2)9-3/h5H,1-3H3. The van der Waals surface area contributed by atoms with Gasteiger partial charge < -0.3 is 4.74 Å². The van der Waals surface area contributed by atoms with Gasteiger partial charge in [0.1, 0.15) is 0 Å². The average Bonchev–Trinajstić information content (AvgIpc) is 1.84. The van der Waals surface area contributed by atoms with Gasteiger partial charge in [-0.1, -0.05) is 0 Å². The van der Waals surface area contributed by atoms with Crippen LogP contribution in [0.3, 0.4) is 0 Å². The van der Waals surface area contributed by atoms with Crippen LogP contribution in [0.15, 0.2) is 8.96 Å². The summed E-state index contributed by atoms with van der Waals surface area (Å²) in [4.78, 5) is 0. The second-order valence-electron chi connectivity index (χ2n) is 1.82. The van der Waals surface area contributed by atoms with Crippen LogP contribution in [0.5, 0.6) is 0 Å². The van der Waals surface area contributed by atoms with Crippen molar-refractivity contribution in [2.24, 2.45) is 0 Å². The summed E-state index contributed by atoms with van der Waals surface area (Å²) in [6.45, 7) is 4.00. The first-order chi connectivity index (χ1) is 4.09. The largest absolute Gasteiger partial charge is 0.377 e. The van der Waals surface area contributed by atoms with Crippen LogP contribution in [0, 0.1) is 0 Å². The first-order valence-corrected chi connectivity index (χ1v) is 4.22. The van der Waals surface area contributed by atoms with Crippen LogP contribution in [0.1, 0.15) is 13.8 Å². The topological polar surface area (TPSA) is 9.23 Å². The smallest absolute Gasteiger partial charge is 0.0769 e. The summed E-state index contributed by atoms with van der Waals surface area (Å²) < 4.78 is 6.03. The van der Waals surface area contributed by atoms with Gasteiger partial charge in [0, 0.05) is 7.11 Å². The lowest BCUT2D eigenvalue weighted by molar-refractivity contribution is 0.147. The fraction of sp³-hybridized carbons (Fsp3) is 0.667. The fourth-order valence-corrected chi connectivity index (χ4v) is 0.975. The van der Waals surface area contributed by atoms with Crippen molar-refractivity contribution < 1.29 is 4.74 Å². The van der Waals surface area contributed by atoms with E-state index in [-0.39, 0.29) is 6.10 Å². The number of hydrogen-bond donors (Lipinski definition) is 0. The lowest BCUT2D eigenvalue weighted by Crippen LogP contribution is -2.05. The number of ether oxygens (including phenoxy) is 1. The molecular weight excluding hydrogens is 248 g/mol. The summed E-state index contributed by atoms with van der Waals surface area (Å²) in [7, 11) is 1.69. The second kappa shape index (κ2) is 4.47. The Morgan fingerprint density at radius 3 is 2.00 bits per heavy atom. The Balaban J connectivity index is 4.02. The Kier molecular flexibility index (Phi) is 4.80. The van der Waals surface area contributed by atoms with E-state index in [1.54, 1.807) is 7.11 Å². The van der Waals surface area contributed by atoms with E-state index >= 15 is 0 Å². The van der Waals surface area contributed by atoms with Gasteiger partial charge in [0.05, 0.1) is 9.50 Å². The van der Waals surface area contributed by atoms with Crippen LogP contribution in [0.4, 0.5) is 0 Å². The molecule has 0 heterocycles. The summed E-state index contributed by atoms with van der Waals surface area (Å²) in [5.74, 6) is 0. The maximum atomic E-state index is 5.06. The van der Waals surface area contributed by atoms with Crippen LogP contribution >= 0.6 is 31.9 Å². The average molecular weight is 258 g/mol. The van der Waals surface area contributed by atoms with Crippen molar-refractivity contribution in [1.82, 2.24) is 0 Å². The van der Waals surface area contributed by atoms with Crippen LogP contribution in [-0.4, -0.2) is 13.2 Å². The molecule has 0 aromatic rings. The molecule has 0 amide bonds. The maximum Gasteiger partial charge on any atom is 0.0769 e. The van der Waals surface area contributed by atoms with E-state index in [4.69, 9.17) is 4.74 Å². The molecule has 9 heavy (non-hydrogen) atoms. The maximum absolute atomic E-state index is 5.06. The summed E-state index contributed by atoms with van der Waals surface area (Å²) in [6, 6.07) is 0. The van der Waals surface area contributed by atoms with E-state index in [0.29, 0.717) is 0 Å². The van der Waals surface area contributed by atoms with Crippen molar-refractivity contribution in [1.29, 1.82) is 0 Å². The van der Waals surface area contributed by atoms with Gasteiger partial charge in [-0.3, -0.25) is 0 Å². The van der Waals surface area contributed by atoms with Gasteiger partial charge in [-0.05, 0) is 51.3 Å². The summed E-state index contributed by atoms with van der Waals surface area (Å²) in [6.07, 6.45) is 0.179. The molecule has 0 aromatic heterocycles. The van der Waals surface area contributed by atoms with Crippen molar-refractivity contribution in [3.8, 4) is 0 Å². The van der Waals surface area contributed by atoms with Crippen molar-refractivity contribution in [2.45, 2.75) is 20.0 Å². The van der Waals surface area contributed by atoms with Gasteiger partial charge in [-0.15, -0.1) is 0 Å². The van der Waals surface area contributed by atoms with Crippen LogP contribution in [0.25, 0.3) is 0 Å². The van der Waals surface area contributed by atoms with Crippen molar-refractivity contribution >= 4 is 31.9 Å². The monoisotopic (exact) mass is 256 g/mol. The molecule has 1 unspecified atom stereocenters. The van der Waals surface area contributed by atoms with Crippen molar-refractivity contribution in [3.05, 3.63) is 8.96 Å². The van der Waals surface area contributed by atoms with E-state index in [2.05, 4.69) is 31.9 Å². The van der Waals surface area contributed by atoms with Gasteiger partial charge in [-0.2, -0.15) is 0 Å². The minimum Gasteiger partial charge on any atom is -0.377 e. The quantitative estimate of drug-likeness (QED) is 0.739. The summed E-state index contributed by atoms with van der Waals surface area (Å²) in [5.41, 5.74) is 1.16. The summed E-state index contributed by atoms with van der Waals surface area (Å²) in [5, 5.41) is 0. The Hall–Kier alpha value is 0.660. The second-order valence-corrected chi connectivity index (χ2v) is 4.47. The number of hydrogen-bond acceptors (Lipinski definition) is 1. The molecule has 0 aliphatic heterocycles. The highest BCUT2D eigenvalue weighted by Gasteiger charge is 2.03. The molecule has 3 heteroatoms. The van der Waals surface area contributed by atoms with Gasteiger partial charge in [0.2, 0.25) is 0 Å². The van der Waals surface area contributed by atoms with Crippen LogP contribution in [0.2, 0.25) is 0 Å². The summed E-state index contributed by atoms with van der Waals surface area (Å²) >= 11 is 6.59. The van der Waals surface area contributed by atoms with E-state index < -0.39 is 0 Å². The molecular formula is C6H10Br2O. The molecule has 0 aromatic carbocycles. The zero-order chi connectivity index (χ0) is 7.44. The Labute approximate surface area is 72.7 Å². The van der Waals surface area contributed by atoms with Crippen LogP contribution in [-0.2, 0) is 4.74 Å².